The fourth-order valence-corrected chi connectivity index (χ4v) is 1.01. The van der Waals surface area contributed by atoms with Crippen molar-refractivity contribution in [2.75, 3.05) is 6.61 Å². The van der Waals surface area contributed by atoms with Crippen LogP contribution in [0.4, 0.5) is 0 Å². The zero-order chi connectivity index (χ0) is 12.6. The molecule has 1 aromatic rings. The van der Waals surface area contributed by atoms with Gasteiger partial charge in [0.1, 0.15) is 5.92 Å². The van der Waals surface area contributed by atoms with Crippen molar-refractivity contribution in [2.45, 2.75) is 5.92 Å². The number of carboxylic acid groups (broad SMARTS) is 1. The average Bonchev–Trinajstić information content (AvgIpc) is 2.19. The summed E-state index contributed by atoms with van der Waals surface area (Å²) in [5.74, 6) is -1.80. The lowest BCUT2D eigenvalue weighted by molar-refractivity contribution is -0.742. The van der Waals surface area contributed by atoms with E-state index >= 15 is 0 Å². The maximum Gasteiger partial charge on any atom is 0.313 e. The van der Waals surface area contributed by atoms with E-state index in [0.29, 0.717) is 5.56 Å². The molecule has 1 unspecified atom stereocenters. The van der Waals surface area contributed by atoms with Crippen LogP contribution in [0, 0.1) is 10.1 Å². The van der Waals surface area contributed by atoms with E-state index in [4.69, 9.17) is 25.5 Å². The van der Waals surface area contributed by atoms with Gasteiger partial charge >= 0.3 is 5.97 Å². The summed E-state index contributed by atoms with van der Waals surface area (Å²) >= 11 is 0. The Labute approximate surface area is 90.7 Å². The molecule has 0 saturated heterocycles. The van der Waals surface area contributed by atoms with Crippen LogP contribution < -0.4 is 0 Å². The Kier molecular flexibility index (Phi) is 6.22. The molecule has 0 spiro atoms. The van der Waals surface area contributed by atoms with Crippen LogP contribution in [-0.4, -0.2) is 33.1 Å². The Morgan fingerprint density at radius 1 is 1.38 bits per heavy atom. The molecule has 0 heterocycles. The van der Waals surface area contributed by atoms with Gasteiger partial charge in [0.15, 0.2) is 0 Å². The first-order valence-electron chi connectivity index (χ1n) is 4.21. The van der Waals surface area contributed by atoms with Gasteiger partial charge in [-0.3, -0.25) is 4.79 Å². The summed E-state index contributed by atoms with van der Waals surface area (Å²) in [5.41, 5.74) is 0.632. The van der Waals surface area contributed by atoms with E-state index < -0.39 is 17.0 Å². The van der Waals surface area contributed by atoms with Crippen LogP contribution >= 0.6 is 0 Å². The number of hydrogen-bond donors (Lipinski definition) is 3. The molecule has 0 bridgehead atoms. The van der Waals surface area contributed by atoms with Crippen LogP contribution in [0.1, 0.15) is 11.5 Å². The number of benzene rings is 1. The number of nitrogens with zero attached hydrogens (tertiary/aromatic N) is 1. The molecular weight excluding hydrogens is 218 g/mol. The number of carbonyl (C=O) groups is 1. The van der Waals surface area contributed by atoms with Crippen LogP contribution in [0.2, 0.25) is 0 Å². The molecular formula is C9H11NO6. The van der Waals surface area contributed by atoms with Gasteiger partial charge < -0.3 is 15.4 Å². The number of carboxylic acids is 1. The molecule has 16 heavy (non-hydrogen) atoms. The number of aliphatic carboxylic acids is 1. The summed E-state index contributed by atoms with van der Waals surface area (Å²) in [7, 11) is 0. The quantitative estimate of drug-likeness (QED) is 0.512. The zero-order valence-electron chi connectivity index (χ0n) is 8.18. The van der Waals surface area contributed by atoms with Crippen molar-refractivity contribution in [1.29, 1.82) is 0 Å². The fourth-order valence-electron chi connectivity index (χ4n) is 1.01. The molecule has 3 N–H and O–H groups in total. The van der Waals surface area contributed by atoms with Crippen molar-refractivity contribution < 1.29 is 25.3 Å². The molecule has 0 radical (unpaired) electrons. The molecule has 1 rings (SSSR count). The molecule has 88 valence electrons. The van der Waals surface area contributed by atoms with E-state index in [1.54, 1.807) is 30.3 Å². The highest BCUT2D eigenvalue weighted by molar-refractivity contribution is 5.76. The summed E-state index contributed by atoms with van der Waals surface area (Å²) in [4.78, 5) is 18.9. The maximum absolute atomic E-state index is 10.6. The maximum atomic E-state index is 10.6. The lowest BCUT2D eigenvalue weighted by Gasteiger charge is -2.07. The van der Waals surface area contributed by atoms with Crippen molar-refractivity contribution in [3.8, 4) is 0 Å². The van der Waals surface area contributed by atoms with Gasteiger partial charge in [-0.05, 0) is 5.56 Å². The SMILES string of the molecule is O=C(O)C(CO)c1ccccc1.O=[N+]([O-])O. The Morgan fingerprint density at radius 3 is 2.12 bits per heavy atom. The first-order valence-corrected chi connectivity index (χ1v) is 4.21. The van der Waals surface area contributed by atoms with E-state index in [1.807, 2.05) is 0 Å². The molecule has 1 aromatic carbocycles. The highest BCUT2D eigenvalue weighted by Crippen LogP contribution is 2.14. The topological polar surface area (TPSA) is 121 Å². The Hall–Kier alpha value is -2.15. The Morgan fingerprint density at radius 2 is 1.81 bits per heavy atom. The predicted molar refractivity (Wildman–Crippen MR) is 52.7 cm³/mol. The summed E-state index contributed by atoms with van der Waals surface area (Å²) in [6.45, 7) is -0.362. The third-order valence-electron chi connectivity index (χ3n) is 1.68. The van der Waals surface area contributed by atoms with Gasteiger partial charge in [0.05, 0.1) is 6.61 Å². The minimum atomic E-state index is -1.50. The predicted octanol–water partition coefficient (Wildman–Crippen LogP) is 0.499. The summed E-state index contributed by atoms with van der Waals surface area (Å²) in [5, 5.41) is 31.1. The van der Waals surface area contributed by atoms with Gasteiger partial charge in [-0.25, -0.2) is 0 Å². The molecule has 0 amide bonds. The standard InChI is InChI=1S/C9H10O3.HNO3/c10-6-8(9(11)12)7-4-2-1-3-5-7;2-1(3)4/h1-5,8,10H,6H2,(H,11,12);(H,2,3,4). The van der Waals surface area contributed by atoms with Crippen molar-refractivity contribution in [3.63, 3.8) is 0 Å². The van der Waals surface area contributed by atoms with E-state index in [-0.39, 0.29) is 6.61 Å². The third kappa shape index (κ3) is 5.55. The van der Waals surface area contributed by atoms with Gasteiger partial charge in [-0.1, -0.05) is 30.3 Å². The second-order valence-electron chi connectivity index (χ2n) is 2.72. The van der Waals surface area contributed by atoms with Gasteiger partial charge in [0, 0.05) is 0 Å². The van der Waals surface area contributed by atoms with Crippen molar-refractivity contribution in [1.82, 2.24) is 0 Å². The minimum Gasteiger partial charge on any atom is -0.481 e. The molecule has 0 aliphatic heterocycles. The van der Waals surface area contributed by atoms with Crippen molar-refractivity contribution in [2.24, 2.45) is 0 Å². The molecule has 0 aromatic heterocycles. The number of hydrogen-bond acceptors (Lipinski definition) is 4. The molecule has 0 saturated carbocycles. The average molecular weight is 229 g/mol. The van der Waals surface area contributed by atoms with Crippen LogP contribution in [0.15, 0.2) is 30.3 Å². The normalized spacial score (nSPS) is 10.8. The number of rotatable bonds is 3. The van der Waals surface area contributed by atoms with Crippen LogP contribution in [0.5, 0.6) is 0 Å². The van der Waals surface area contributed by atoms with Crippen molar-refractivity contribution >= 4 is 5.97 Å². The smallest absolute Gasteiger partial charge is 0.313 e. The molecule has 1 atom stereocenters. The Bertz CT molecular complexity index is 335. The summed E-state index contributed by atoms with van der Waals surface area (Å²) in [6.07, 6.45) is 0. The summed E-state index contributed by atoms with van der Waals surface area (Å²) in [6, 6.07) is 8.69. The largest absolute Gasteiger partial charge is 0.481 e. The lowest BCUT2D eigenvalue weighted by atomic mass is 10.0. The van der Waals surface area contributed by atoms with E-state index in [1.165, 1.54) is 0 Å². The van der Waals surface area contributed by atoms with E-state index in [9.17, 15) is 4.79 Å². The first kappa shape index (κ1) is 13.8. The molecule has 7 nitrogen and oxygen atoms in total. The van der Waals surface area contributed by atoms with E-state index in [0.717, 1.165) is 0 Å². The van der Waals surface area contributed by atoms with Gasteiger partial charge in [0.2, 0.25) is 0 Å². The highest BCUT2D eigenvalue weighted by Gasteiger charge is 2.17. The first-order chi connectivity index (χ1) is 7.49. The van der Waals surface area contributed by atoms with Crippen LogP contribution in [-0.2, 0) is 4.79 Å². The van der Waals surface area contributed by atoms with Crippen LogP contribution in [0.25, 0.3) is 0 Å². The van der Waals surface area contributed by atoms with Gasteiger partial charge in [0.25, 0.3) is 5.09 Å². The number of aliphatic hydroxyl groups excluding tert-OH is 1. The Balaban J connectivity index is 0.000000487. The molecule has 0 aliphatic carbocycles. The lowest BCUT2D eigenvalue weighted by Crippen LogP contribution is -2.15. The van der Waals surface area contributed by atoms with Gasteiger partial charge in [-0.2, -0.15) is 0 Å². The zero-order valence-corrected chi connectivity index (χ0v) is 8.18. The number of aliphatic hydroxyl groups is 1. The minimum absolute atomic E-state index is 0.362. The monoisotopic (exact) mass is 229 g/mol. The van der Waals surface area contributed by atoms with Gasteiger partial charge in [-0.15, -0.1) is 10.1 Å². The molecule has 0 fully saturated rings. The molecule has 0 aliphatic rings. The summed E-state index contributed by atoms with van der Waals surface area (Å²) < 4.78 is 0. The fraction of sp³-hybridized carbons (Fsp3) is 0.222. The highest BCUT2D eigenvalue weighted by atomic mass is 16.9. The van der Waals surface area contributed by atoms with Crippen LogP contribution in [0.3, 0.4) is 0 Å². The third-order valence-corrected chi connectivity index (χ3v) is 1.68. The second kappa shape index (κ2) is 7.18. The molecule has 7 heteroatoms. The van der Waals surface area contributed by atoms with E-state index in [2.05, 4.69) is 0 Å². The second-order valence-corrected chi connectivity index (χ2v) is 2.72. The van der Waals surface area contributed by atoms with Crippen molar-refractivity contribution in [3.05, 3.63) is 46.0 Å².